The van der Waals surface area contributed by atoms with Gasteiger partial charge in [0, 0.05) is 37.3 Å². The molecule has 26 heavy (non-hydrogen) atoms. The van der Waals surface area contributed by atoms with Crippen LogP contribution in [0.2, 0.25) is 0 Å². The van der Waals surface area contributed by atoms with Crippen molar-refractivity contribution in [3.05, 3.63) is 52.2 Å². The second-order valence-corrected chi connectivity index (χ2v) is 6.54. The highest BCUT2D eigenvalue weighted by atomic mass is 32.1. The highest BCUT2D eigenvalue weighted by molar-refractivity contribution is 7.12. The van der Waals surface area contributed by atoms with Crippen molar-refractivity contribution in [2.75, 3.05) is 25.0 Å². The summed E-state index contributed by atoms with van der Waals surface area (Å²) in [6, 6.07) is 10.4. The summed E-state index contributed by atoms with van der Waals surface area (Å²) in [5.41, 5.74) is 1.11. The molecule has 0 aliphatic carbocycles. The van der Waals surface area contributed by atoms with E-state index in [4.69, 9.17) is 0 Å². The van der Waals surface area contributed by atoms with E-state index >= 15 is 0 Å². The summed E-state index contributed by atoms with van der Waals surface area (Å²) in [5, 5.41) is 7.30. The molecule has 0 bridgehead atoms. The highest BCUT2D eigenvalue weighted by Gasteiger charge is 2.13. The number of nitrogens with zero attached hydrogens (tertiary/aromatic N) is 1. The summed E-state index contributed by atoms with van der Waals surface area (Å²) in [4.78, 5) is 38.6. The first-order valence-electron chi connectivity index (χ1n) is 8.56. The molecule has 0 unspecified atom stereocenters. The predicted molar refractivity (Wildman–Crippen MR) is 104 cm³/mol. The summed E-state index contributed by atoms with van der Waals surface area (Å²) in [7, 11) is 0. The van der Waals surface area contributed by atoms with Gasteiger partial charge >= 0.3 is 0 Å². The van der Waals surface area contributed by atoms with Crippen molar-refractivity contribution >= 4 is 34.7 Å². The lowest BCUT2D eigenvalue weighted by molar-refractivity contribution is -0.116. The third kappa shape index (κ3) is 5.42. The molecular weight excluding hydrogens is 350 g/mol. The van der Waals surface area contributed by atoms with Crippen LogP contribution < -0.4 is 10.6 Å². The van der Waals surface area contributed by atoms with Crippen molar-refractivity contribution in [2.24, 2.45) is 0 Å². The molecule has 2 N–H and O–H groups in total. The van der Waals surface area contributed by atoms with Crippen LogP contribution in [0.1, 0.15) is 40.3 Å². The Hall–Kier alpha value is -2.67. The number of benzene rings is 1. The van der Waals surface area contributed by atoms with Crippen molar-refractivity contribution in [3.63, 3.8) is 0 Å². The Balaban J connectivity index is 1.86. The molecule has 0 aliphatic heterocycles. The third-order valence-corrected chi connectivity index (χ3v) is 4.70. The first-order chi connectivity index (χ1) is 12.5. The Bertz CT molecular complexity index is 755. The zero-order valence-electron chi connectivity index (χ0n) is 15.0. The number of hydrogen-bond donors (Lipinski definition) is 2. The van der Waals surface area contributed by atoms with Crippen molar-refractivity contribution in [1.29, 1.82) is 0 Å². The number of carbonyl (C=O) groups excluding carboxylic acids is 3. The van der Waals surface area contributed by atoms with E-state index < -0.39 is 0 Å². The summed E-state index contributed by atoms with van der Waals surface area (Å²) in [6.07, 6.45) is 0.158. The topological polar surface area (TPSA) is 78.5 Å². The molecule has 0 aliphatic rings. The van der Waals surface area contributed by atoms with Crippen LogP contribution in [0.3, 0.4) is 0 Å². The molecular formula is C19H23N3O3S. The minimum atomic E-state index is -0.219. The van der Waals surface area contributed by atoms with E-state index in [1.165, 1.54) is 11.3 Å². The first kappa shape index (κ1) is 19.7. The molecule has 6 nitrogen and oxygen atoms in total. The summed E-state index contributed by atoms with van der Waals surface area (Å²) in [5.74, 6) is -0.460. The van der Waals surface area contributed by atoms with Gasteiger partial charge in [-0.25, -0.2) is 0 Å². The maximum Gasteiger partial charge on any atom is 0.261 e. The largest absolute Gasteiger partial charge is 0.351 e. The number of rotatable bonds is 8. The standard InChI is InChI=1S/C19H23N3O3S/c1-3-22(4-2)19(25)14-7-5-8-15(13-14)21-17(23)10-11-20-18(24)16-9-6-12-26-16/h5-9,12-13H,3-4,10-11H2,1-2H3,(H,20,24)(H,21,23). The van der Waals surface area contributed by atoms with Gasteiger partial charge in [-0.2, -0.15) is 0 Å². The average Bonchev–Trinajstić information content (AvgIpc) is 3.17. The number of nitrogens with one attached hydrogen (secondary N) is 2. The normalized spacial score (nSPS) is 10.2. The van der Waals surface area contributed by atoms with E-state index in [1.54, 1.807) is 41.3 Å². The number of hydrogen-bond acceptors (Lipinski definition) is 4. The molecule has 0 fully saturated rings. The Morgan fingerprint density at radius 2 is 1.85 bits per heavy atom. The SMILES string of the molecule is CCN(CC)C(=O)c1cccc(NC(=O)CCNC(=O)c2cccs2)c1. The average molecular weight is 373 g/mol. The molecule has 3 amide bonds. The molecule has 0 radical (unpaired) electrons. The summed E-state index contributed by atoms with van der Waals surface area (Å²) < 4.78 is 0. The van der Waals surface area contributed by atoms with E-state index in [1.807, 2.05) is 19.2 Å². The minimum absolute atomic E-state index is 0.0608. The number of carbonyl (C=O) groups is 3. The lowest BCUT2D eigenvalue weighted by Gasteiger charge is -2.19. The van der Waals surface area contributed by atoms with Crippen LogP contribution in [-0.2, 0) is 4.79 Å². The maximum atomic E-state index is 12.4. The molecule has 7 heteroatoms. The van der Waals surface area contributed by atoms with Gasteiger partial charge in [-0.1, -0.05) is 12.1 Å². The second kappa shape index (κ2) is 9.72. The van der Waals surface area contributed by atoms with Gasteiger partial charge in [-0.3, -0.25) is 14.4 Å². The number of thiophene rings is 1. The first-order valence-corrected chi connectivity index (χ1v) is 9.44. The van der Waals surface area contributed by atoms with Crippen LogP contribution in [0.15, 0.2) is 41.8 Å². The Morgan fingerprint density at radius 3 is 2.50 bits per heavy atom. The van der Waals surface area contributed by atoms with Crippen LogP contribution in [0.25, 0.3) is 0 Å². The molecule has 1 aromatic carbocycles. The van der Waals surface area contributed by atoms with Crippen LogP contribution in [-0.4, -0.2) is 42.3 Å². The van der Waals surface area contributed by atoms with Gasteiger partial charge in [0.25, 0.3) is 11.8 Å². The minimum Gasteiger partial charge on any atom is -0.351 e. The lowest BCUT2D eigenvalue weighted by Crippen LogP contribution is -2.30. The Kier molecular flexibility index (Phi) is 7.35. The maximum absolute atomic E-state index is 12.4. The Labute approximate surface area is 157 Å². The number of amides is 3. The second-order valence-electron chi connectivity index (χ2n) is 5.59. The molecule has 0 saturated heterocycles. The number of anilines is 1. The van der Waals surface area contributed by atoms with Crippen molar-refractivity contribution in [1.82, 2.24) is 10.2 Å². The lowest BCUT2D eigenvalue weighted by atomic mass is 10.1. The molecule has 1 heterocycles. The molecule has 1 aromatic heterocycles. The Morgan fingerprint density at radius 1 is 1.08 bits per heavy atom. The van der Waals surface area contributed by atoms with Crippen molar-refractivity contribution in [3.8, 4) is 0 Å². The van der Waals surface area contributed by atoms with E-state index in [9.17, 15) is 14.4 Å². The zero-order valence-corrected chi connectivity index (χ0v) is 15.8. The molecule has 0 spiro atoms. The summed E-state index contributed by atoms with van der Waals surface area (Å²) in [6.45, 7) is 5.38. The van der Waals surface area contributed by atoms with E-state index in [2.05, 4.69) is 10.6 Å². The molecule has 138 valence electrons. The van der Waals surface area contributed by atoms with E-state index in [0.29, 0.717) is 29.2 Å². The molecule has 0 atom stereocenters. The van der Waals surface area contributed by atoms with Gasteiger partial charge in [-0.05, 0) is 43.5 Å². The van der Waals surface area contributed by atoms with Gasteiger partial charge in [0.2, 0.25) is 5.91 Å². The fraction of sp³-hybridized carbons (Fsp3) is 0.316. The quantitative estimate of drug-likeness (QED) is 0.747. The van der Waals surface area contributed by atoms with Crippen LogP contribution in [0.4, 0.5) is 5.69 Å². The summed E-state index contributed by atoms with van der Waals surface area (Å²) >= 11 is 1.35. The van der Waals surface area contributed by atoms with Crippen molar-refractivity contribution < 1.29 is 14.4 Å². The van der Waals surface area contributed by atoms with Gasteiger partial charge in [0.15, 0.2) is 0 Å². The fourth-order valence-corrected chi connectivity index (χ4v) is 3.07. The van der Waals surface area contributed by atoms with E-state index in [0.717, 1.165) is 0 Å². The van der Waals surface area contributed by atoms with Gasteiger partial charge in [0.05, 0.1) is 4.88 Å². The van der Waals surface area contributed by atoms with E-state index in [-0.39, 0.29) is 30.7 Å². The molecule has 2 aromatic rings. The fourth-order valence-electron chi connectivity index (χ4n) is 2.43. The van der Waals surface area contributed by atoms with Gasteiger partial charge in [0.1, 0.15) is 0 Å². The van der Waals surface area contributed by atoms with Crippen molar-refractivity contribution in [2.45, 2.75) is 20.3 Å². The monoisotopic (exact) mass is 373 g/mol. The third-order valence-electron chi connectivity index (χ3n) is 3.83. The molecule has 0 saturated carbocycles. The highest BCUT2D eigenvalue weighted by Crippen LogP contribution is 2.13. The van der Waals surface area contributed by atoms with Gasteiger partial charge in [-0.15, -0.1) is 11.3 Å². The van der Waals surface area contributed by atoms with Gasteiger partial charge < -0.3 is 15.5 Å². The zero-order chi connectivity index (χ0) is 18.9. The van der Waals surface area contributed by atoms with Crippen LogP contribution in [0, 0.1) is 0 Å². The smallest absolute Gasteiger partial charge is 0.261 e. The predicted octanol–water partition coefficient (Wildman–Crippen LogP) is 2.99. The molecule has 2 rings (SSSR count). The van der Waals surface area contributed by atoms with Crippen LogP contribution >= 0.6 is 11.3 Å². The van der Waals surface area contributed by atoms with Crippen LogP contribution in [0.5, 0.6) is 0 Å².